The van der Waals surface area contributed by atoms with Gasteiger partial charge < -0.3 is 10.2 Å². The second-order valence-corrected chi connectivity index (χ2v) is 3.65. The number of carbonyl (C=O) groups is 1. The predicted molar refractivity (Wildman–Crippen MR) is 61.5 cm³/mol. The molecule has 0 spiro atoms. The Morgan fingerprint density at radius 2 is 2.00 bits per heavy atom. The molecule has 1 aromatic rings. The maximum Gasteiger partial charge on any atom is 0.221 e. The Morgan fingerprint density at radius 3 is 2.60 bits per heavy atom. The summed E-state index contributed by atoms with van der Waals surface area (Å²) in [5.74, 6) is 0.0925. The van der Waals surface area contributed by atoms with Crippen LogP contribution in [0.15, 0.2) is 30.3 Å². The topological polar surface area (TPSA) is 32.3 Å². The van der Waals surface area contributed by atoms with Gasteiger partial charge in [0.15, 0.2) is 0 Å². The standard InChI is InChI=1S/C12H18N2O/c1-13-12(15)8-9-14(2)10-11-6-4-3-5-7-11/h3-7H,8-10H2,1-2H3,(H,13,15). The van der Waals surface area contributed by atoms with Crippen LogP contribution in [0.25, 0.3) is 0 Å². The van der Waals surface area contributed by atoms with Crippen LogP contribution in [0.2, 0.25) is 0 Å². The molecule has 3 heteroatoms. The van der Waals surface area contributed by atoms with Gasteiger partial charge in [0.2, 0.25) is 5.91 Å². The van der Waals surface area contributed by atoms with Crippen molar-refractivity contribution in [3.8, 4) is 0 Å². The largest absolute Gasteiger partial charge is 0.359 e. The highest BCUT2D eigenvalue weighted by molar-refractivity contribution is 5.75. The number of hydrogen-bond acceptors (Lipinski definition) is 2. The Labute approximate surface area is 91.1 Å². The molecule has 0 saturated heterocycles. The molecule has 1 amide bonds. The molecule has 1 N–H and O–H groups in total. The minimum Gasteiger partial charge on any atom is -0.359 e. The first-order valence-electron chi connectivity index (χ1n) is 5.15. The van der Waals surface area contributed by atoms with Crippen molar-refractivity contribution in [3.63, 3.8) is 0 Å². The zero-order valence-corrected chi connectivity index (χ0v) is 9.36. The molecule has 1 aromatic carbocycles. The molecule has 0 aliphatic rings. The monoisotopic (exact) mass is 206 g/mol. The lowest BCUT2D eigenvalue weighted by atomic mass is 10.2. The third kappa shape index (κ3) is 4.61. The van der Waals surface area contributed by atoms with Crippen molar-refractivity contribution in [2.24, 2.45) is 0 Å². The fourth-order valence-electron chi connectivity index (χ4n) is 1.39. The van der Waals surface area contributed by atoms with Crippen molar-refractivity contribution in [3.05, 3.63) is 35.9 Å². The molecule has 1 rings (SSSR count). The normalized spacial score (nSPS) is 10.3. The van der Waals surface area contributed by atoms with Crippen molar-refractivity contribution in [2.75, 3.05) is 20.6 Å². The first kappa shape index (κ1) is 11.7. The molecule has 0 aliphatic carbocycles. The van der Waals surface area contributed by atoms with E-state index in [1.54, 1.807) is 7.05 Å². The van der Waals surface area contributed by atoms with Gasteiger partial charge in [-0.25, -0.2) is 0 Å². The predicted octanol–water partition coefficient (Wildman–Crippen LogP) is 1.25. The van der Waals surface area contributed by atoms with E-state index >= 15 is 0 Å². The van der Waals surface area contributed by atoms with Gasteiger partial charge in [0, 0.05) is 26.6 Å². The van der Waals surface area contributed by atoms with E-state index in [2.05, 4.69) is 22.3 Å². The molecule has 0 bridgehead atoms. The molecule has 0 aromatic heterocycles. The maximum absolute atomic E-state index is 11.0. The number of hydrogen-bond donors (Lipinski definition) is 1. The Balaban J connectivity index is 2.30. The number of benzene rings is 1. The SMILES string of the molecule is CNC(=O)CCN(C)Cc1ccccc1. The lowest BCUT2D eigenvalue weighted by Crippen LogP contribution is -2.26. The second kappa shape index (κ2) is 6.19. The van der Waals surface area contributed by atoms with E-state index in [9.17, 15) is 4.79 Å². The van der Waals surface area contributed by atoms with Crippen LogP contribution in [0.3, 0.4) is 0 Å². The van der Waals surface area contributed by atoms with Crippen LogP contribution in [0, 0.1) is 0 Å². The summed E-state index contributed by atoms with van der Waals surface area (Å²) in [4.78, 5) is 13.2. The average molecular weight is 206 g/mol. The van der Waals surface area contributed by atoms with Crippen LogP contribution >= 0.6 is 0 Å². The van der Waals surface area contributed by atoms with Gasteiger partial charge in [-0.15, -0.1) is 0 Å². The zero-order chi connectivity index (χ0) is 11.1. The Hall–Kier alpha value is -1.35. The fourth-order valence-corrected chi connectivity index (χ4v) is 1.39. The first-order chi connectivity index (χ1) is 7.22. The minimum absolute atomic E-state index is 0.0925. The molecular weight excluding hydrogens is 188 g/mol. The molecule has 82 valence electrons. The van der Waals surface area contributed by atoms with E-state index in [1.165, 1.54) is 5.56 Å². The van der Waals surface area contributed by atoms with Gasteiger partial charge in [-0.2, -0.15) is 0 Å². The number of nitrogens with zero attached hydrogens (tertiary/aromatic N) is 1. The van der Waals surface area contributed by atoms with Gasteiger partial charge >= 0.3 is 0 Å². The van der Waals surface area contributed by atoms with E-state index in [-0.39, 0.29) is 5.91 Å². The lowest BCUT2D eigenvalue weighted by Gasteiger charge is -2.15. The van der Waals surface area contributed by atoms with Gasteiger partial charge in [0.1, 0.15) is 0 Å². The quantitative estimate of drug-likeness (QED) is 0.786. The third-order valence-electron chi connectivity index (χ3n) is 2.29. The summed E-state index contributed by atoms with van der Waals surface area (Å²) in [5, 5.41) is 2.62. The fraction of sp³-hybridized carbons (Fsp3) is 0.417. The summed E-state index contributed by atoms with van der Waals surface area (Å²) in [6, 6.07) is 10.3. The van der Waals surface area contributed by atoms with Gasteiger partial charge in [-0.1, -0.05) is 30.3 Å². The highest BCUT2D eigenvalue weighted by Gasteiger charge is 2.02. The smallest absolute Gasteiger partial charge is 0.221 e. The minimum atomic E-state index is 0.0925. The molecule has 0 fully saturated rings. The Morgan fingerprint density at radius 1 is 1.33 bits per heavy atom. The van der Waals surface area contributed by atoms with Crippen molar-refractivity contribution >= 4 is 5.91 Å². The van der Waals surface area contributed by atoms with Gasteiger partial charge in [-0.3, -0.25) is 4.79 Å². The summed E-state index contributed by atoms with van der Waals surface area (Å²) in [7, 11) is 3.69. The first-order valence-corrected chi connectivity index (χ1v) is 5.15. The van der Waals surface area contributed by atoms with Gasteiger partial charge in [-0.05, 0) is 12.6 Å². The summed E-state index contributed by atoms with van der Waals surface area (Å²) < 4.78 is 0. The lowest BCUT2D eigenvalue weighted by molar-refractivity contribution is -0.120. The third-order valence-corrected chi connectivity index (χ3v) is 2.29. The van der Waals surface area contributed by atoms with Crippen molar-refractivity contribution < 1.29 is 4.79 Å². The molecular formula is C12H18N2O. The van der Waals surface area contributed by atoms with Gasteiger partial charge in [0.05, 0.1) is 0 Å². The summed E-state index contributed by atoms with van der Waals surface area (Å²) in [5.41, 5.74) is 1.27. The summed E-state index contributed by atoms with van der Waals surface area (Å²) >= 11 is 0. The van der Waals surface area contributed by atoms with Crippen LogP contribution in [0.5, 0.6) is 0 Å². The number of amides is 1. The molecule has 15 heavy (non-hydrogen) atoms. The number of carbonyl (C=O) groups excluding carboxylic acids is 1. The second-order valence-electron chi connectivity index (χ2n) is 3.65. The maximum atomic E-state index is 11.0. The van der Waals surface area contributed by atoms with Crippen LogP contribution in [0.1, 0.15) is 12.0 Å². The Bertz CT molecular complexity index is 298. The highest BCUT2D eigenvalue weighted by Crippen LogP contribution is 2.02. The molecule has 0 radical (unpaired) electrons. The Kier molecular flexibility index (Phi) is 4.84. The van der Waals surface area contributed by atoms with Crippen LogP contribution in [-0.2, 0) is 11.3 Å². The van der Waals surface area contributed by atoms with E-state index < -0.39 is 0 Å². The molecule has 3 nitrogen and oxygen atoms in total. The van der Waals surface area contributed by atoms with E-state index in [0.29, 0.717) is 6.42 Å². The van der Waals surface area contributed by atoms with Crippen LogP contribution < -0.4 is 5.32 Å². The zero-order valence-electron chi connectivity index (χ0n) is 9.36. The highest BCUT2D eigenvalue weighted by atomic mass is 16.1. The van der Waals surface area contributed by atoms with E-state index in [0.717, 1.165) is 13.1 Å². The van der Waals surface area contributed by atoms with Crippen molar-refractivity contribution in [1.29, 1.82) is 0 Å². The van der Waals surface area contributed by atoms with E-state index in [1.807, 2.05) is 25.2 Å². The van der Waals surface area contributed by atoms with Crippen LogP contribution in [0.4, 0.5) is 0 Å². The molecule has 0 saturated carbocycles. The molecule has 0 atom stereocenters. The summed E-state index contributed by atoms with van der Waals surface area (Å²) in [6.07, 6.45) is 0.555. The van der Waals surface area contributed by atoms with Crippen molar-refractivity contribution in [1.82, 2.24) is 10.2 Å². The van der Waals surface area contributed by atoms with Crippen LogP contribution in [-0.4, -0.2) is 31.4 Å². The van der Waals surface area contributed by atoms with Crippen molar-refractivity contribution in [2.45, 2.75) is 13.0 Å². The van der Waals surface area contributed by atoms with Gasteiger partial charge in [0.25, 0.3) is 0 Å². The molecule has 0 unspecified atom stereocenters. The number of rotatable bonds is 5. The summed E-state index contributed by atoms with van der Waals surface area (Å²) in [6.45, 7) is 1.67. The average Bonchev–Trinajstić information content (AvgIpc) is 2.27. The molecule has 0 aliphatic heterocycles. The molecule has 0 heterocycles. The number of nitrogens with one attached hydrogen (secondary N) is 1. The van der Waals surface area contributed by atoms with E-state index in [4.69, 9.17) is 0 Å².